The van der Waals surface area contributed by atoms with Crippen molar-refractivity contribution in [2.75, 3.05) is 0 Å². The second kappa shape index (κ2) is 5.58. The molecule has 0 aliphatic carbocycles. The molecular weight excluding hydrogens is 300 g/mol. The van der Waals surface area contributed by atoms with Gasteiger partial charge in [-0.15, -0.1) is 5.10 Å². The number of para-hydroxylation sites is 2. The quantitative estimate of drug-likeness (QED) is 0.265. The molecule has 0 aliphatic heterocycles. The van der Waals surface area contributed by atoms with E-state index in [2.05, 4.69) is 32.3 Å². The first-order valence-corrected chi connectivity index (χ1v) is 7.53. The van der Waals surface area contributed by atoms with Gasteiger partial charge in [0, 0.05) is 39.1 Å². The normalized spacial score (nSPS) is 11.5. The Labute approximate surface area is 137 Å². The maximum absolute atomic E-state index is 5.35. The van der Waals surface area contributed by atoms with E-state index in [9.17, 15) is 0 Å². The molecule has 0 fully saturated rings. The number of aromatic amines is 2. The second-order valence-corrected chi connectivity index (χ2v) is 5.48. The number of H-pyrrole nitrogens is 2. The van der Waals surface area contributed by atoms with Crippen molar-refractivity contribution in [1.29, 1.82) is 0 Å². The zero-order valence-corrected chi connectivity index (χ0v) is 12.8. The number of nitrogens with one attached hydrogen (secondary N) is 2. The lowest BCUT2D eigenvalue weighted by atomic mass is 10.1. The van der Waals surface area contributed by atoms with Crippen LogP contribution >= 0.6 is 0 Å². The zero-order chi connectivity index (χ0) is 16.5. The molecule has 24 heavy (non-hydrogen) atoms. The van der Waals surface area contributed by atoms with E-state index in [4.69, 9.17) is 11.5 Å². The Balaban J connectivity index is 1.97. The summed E-state index contributed by atoms with van der Waals surface area (Å²) in [6, 6.07) is 16.2. The van der Waals surface area contributed by atoms with E-state index in [0.29, 0.717) is 0 Å². The molecule has 0 spiro atoms. The summed E-state index contributed by atoms with van der Waals surface area (Å²) in [6.45, 7) is 0. The monoisotopic (exact) mass is 316 g/mol. The molecule has 6 N–H and O–H groups in total. The lowest BCUT2D eigenvalue weighted by molar-refractivity contribution is 1.22. The van der Waals surface area contributed by atoms with Crippen LogP contribution in [0.2, 0.25) is 0 Å². The van der Waals surface area contributed by atoms with E-state index in [1.54, 1.807) is 6.21 Å². The van der Waals surface area contributed by atoms with Crippen molar-refractivity contribution in [2.45, 2.75) is 0 Å². The molecule has 0 bridgehead atoms. The fourth-order valence-electron chi connectivity index (χ4n) is 2.94. The Morgan fingerprint density at radius 1 is 0.917 bits per heavy atom. The molecule has 0 saturated carbocycles. The lowest BCUT2D eigenvalue weighted by Crippen LogP contribution is -2.21. The molecule has 0 saturated heterocycles. The van der Waals surface area contributed by atoms with E-state index in [1.807, 2.05) is 42.6 Å². The minimum absolute atomic E-state index is 0.0697. The Morgan fingerprint density at radius 2 is 1.62 bits per heavy atom. The molecule has 2 heterocycles. The highest BCUT2D eigenvalue weighted by molar-refractivity contribution is 6.09. The van der Waals surface area contributed by atoms with E-state index in [1.165, 1.54) is 0 Å². The topological polar surface area (TPSA) is 108 Å². The highest BCUT2D eigenvalue weighted by Gasteiger charge is 2.14. The number of aromatic nitrogens is 2. The predicted molar refractivity (Wildman–Crippen MR) is 99.0 cm³/mol. The Hall–Kier alpha value is -3.54. The number of hydrogen-bond donors (Lipinski definition) is 4. The van der Waals surface area contributed by atoms with Crippen LogP contribution in [0.3, 0.4) is 0 Å². The summed E-state index contributed by atoms with van der Waals surface area (Å²) < 4.78 is 0. The summed E-state index contributed by atoms with van der Waals surface area (Å²) in [5.41, 5.74) is 15.8. The van der Waals surface area contributed by atoms with Gasteiger partial charge in [-0.1, -0.05) is 36.4 Å². The van der Waals surface area contributed by atoms with Crippen molar-refractivity contribution in [2.24, 2.45) is 21.7 Å². The third-order valence-corrected chi connectivity index (χ3v) is 3.96. The van der Waals surface area contributed by atoms with Gasteiger partial charge in [0.2, 0.25) is 5.96 Å². The van der Waals surface area contributed by atoms with Gasteiger partial charge in [-0.3, -0.25) is 0 Å². The molecule has 2 aromatic carbocycles. The minimum Gasteiger partial charge on any atom is -0.369 e. The molecule has 0 radical (unpaired) electrons. The summed E-state index contributed by atoms with van der Waals surface area (Å²) in [6.07, 6.45) is 3.67. The second-order valence-electron chi connectivity index (χ2n) is 5.48. The maximum Gasteiger partial charge on any atom is 0.211 e. The molecule has 6 nitrogen and oxygen atoms in total. The van der Waals surface area contributed by atoms with Gasteiger partial charge in [-0.05, 0) is 12.1 Å². The van der Waals surface area contributed by atoms with Gasteiger partial charge in [-0.25, -0.2) is 0 Å². The SMILES string of the molecule is NC(N)=NN=Cc1c(-c2c[nH]c3ccccc23)[nH]c2ccccc12. The van der Waals surface area contributed by atoms with Gasteiger partial charge in [0.1, 0.15) is 0 Å². The summed E-state index contributed by atoms with van der Waals surface area (Å²) in [7, 11) is 0. The molecule has 0 aliphatic rings. The minimum atomic E-state index is -0.0697. The molecular formula is C18H16N6. The number of rotatable bonds is 3. The summed E-state index contributed by atoms with van der Waals surface area (Å²) >= 11 is 0. The molecule has 4 aromatic rings. The van der Waals surface area contributed by atoms with Crippen LogP contribution in [0.4, 0.5) is 0 Å². The molecule has 6 heteroatoms. The Morgan fingerprint density at radius 3 is 2.42 bits per heavy atom. The van der Waals surface area contributed by atoms with Crippen molar-refractivity contribution < 1.29 is 0 Å². The average molecular weight is 316 g/mol. The van der Waals surface area contributed by atoms with E-state index >= 15 is 0 Å². The van der Waals surface area contributed by atoms with Gasteiger partial charge in [-0.2, -0.15) is 5.10 Å². The fourth-order valence-corrected chi connectivity index (χ4v) is 2.94. The molecule has 118 valence electrons. The van der Waals surface area contributed by atoms with Crippen LogP contribution in [0.25, 0.3) is 33.1 Å². The highest BCUT2D eigenvalue weighted by Crippen LogP contribution is 2.33. The molecule has 0 amide bonds. The van der Waals surface area contributed by atoms with Crippen LogP contribution in [0, 0.1) is 0 Å². The summed E-state index contributed by atoms with van der Waals surface area (Å²) in [4.78, 5) is 6.78. The van der Waals surface area contributed by atoms with Gasteiger partial charge in [0.25, 0.3) is 0 Å². The molecule has 4 rings (SSSR count). The number of fused-ring (bicyclic) bond motifs is 2. The van der Waals surface area contributed by atoms with Crippen LogP contribution < -0.4 is 11.5 Å². The van der Waals surface area contributed by atoms with Gasteiger partial charge in [0.05, 0.1) is 11.9 Å². The Bertz CT molecular complexity index is 1080. The van der Waals surface area contributed by atoms with Crippen molar-refractivity contribution in [3.8, 4) is 11.3 Å². The van der Waals surface area contributed by atoms with Crippen LogP contribution in [0.15, 0.2) is 64.9 Å². The van der Waals surface area contributed by atoms with E-state index in [0.717, 1.165) is 38.6 Å². The van der Waals surface area contributed by atoms with Crippen LogP contribution in [0.5, 0.6) is 0 Å². The van der Waals surface area contributed by atoms with Crippen molar-refractivity contribution >= 4 is 34.0 Å². The third-order valence-electron chi connectivity index (χ3n) is 3.96. The molecule has 0 unspecified atom stereocenters. The van der Waals surface area contributed by atoms with Crippen LogP contribution in [0.1, 0.15) is 5.56 Å². The summed E-state index contributed by atoms with van der Waals surface area (Å²) in [5.74, 6) is -0.0697. The summed E-state index contributed by atoms with van der Waals surface area (Å²) in [5, 5.41) is 9.91. The number of nitrogens with zero attached hydrogens (tertiary/aromatic N) is 2. The largest absolute Gasteiger partial charge is 0.369 e. The highest BCUT2D eigenvalue weighted by atomic mass is 15.3. The zero-order valence-electron chi connectivity index (χ0n) is 12.8. The first-order valence-electron chi connectivity index (χ1n) is 7.53. The average Bonchev–Trinajstić information content (AvgIpc) is 3.16. The number of guanidine groups is 1. The van der Waals surface area contributed by atoms with Gasteiger partial charge in [0.15, 0.2) is 0 Å². The van der Waals surface area contributed by atoms with E-state index < -0.39 is 0 Å². The first kappa shape index (κ1) is 14.1. The van der Waals surface area contributed by atoms with Crippen molar-refractivity contribution in [1.82, 2.24) is 9.97 Å². The maximum atomic E-state index is 5.35. The molecule has 2 aromatic heterocycles. The van der Waals surface area contributed by atoms with E-state index in [-0.39, 0.29) is 5.96 Å². The number of nitrogens with two attached hydrogens (primary N) is 2. The standard InChI is InChI=1S/C18H16N6/c19-18(20)24-22-10-14-12-6-2-4-8-16(12)23-17(14)13-9-21-15-7-3-1-5-11(13)15/h1-10,21,23H,(H4,19,20,24). The lowest BCUT2D eigenvalue weighted by Gasteiger charge is -1.99. The predicted octanol–water partition coefficient (Wildman–Crippen LogP) is 2.92. The van der Waals surface area contributed by atoms with Crippen molar-refractivity contribution in [3.63, 3.8) is 0 Å². The van der Waals surface area contributed by atoms with Crippen molar-refractivity contribution in [3.05, 3.63) is 60.3 Å². The van der Waals surface area contributed by atoms with Gasteiger partial charge >= 0.3 is 0 Å². The van der Waals surface area contributed by atoms with Crippen LogP contribution in [-0.2, 0) is 0 Å². The number of hydrogen-bond acceptors (Lipinski definition) is 2. The van der Waals surface area contributed by atoms with Gasteiger partial charge < -0.3 is 21.4 Å². The smallest absolute Gasteiger partial charge is 0.211 e. The number of benzene rings is 2. The third kappa shape index (κ3) is 2.30. The first-order chi connectivity index (χ1) is 11.7. The fraction of sp³-hybridized carbons (Fsp3) is 0. The molecule has 0 atom stereocenters. The Kier molecular flexibility index (Phi) is 3.28. The van der Waals surface area contributed by atoms with Crippen LogP contribution in [-0.4, -0.2) is 22.1 Å².